The number of nitrogens with zero attached hydrogens (tertiary/aromatic N) is 6. The van der Waals surface area contributed by atoms with Gasteiger partial charge in [-0.05, 0) is 11.8 Å². The van der Waals surface area contributed by atoms with Crippen LogP contribution in [0.2, 0.25) is 38.3 Å². The summed E-state index contributed by atoms with van der Waals surface area (Å²) >= 11 is 0. The van der Waals surface area contributed by atoms with E-state index in [-0.39, 0.29) is 67.3 Å². The largest absolute Gasteiger partial charge is 4.00 e. The standard InChI is InChI=1S/2C11H24NSi.C5H10.2C4H8N.2C2H6N.2CH3.2Zr/c2*1-4-9-12-13(2,3)10-11-7-5-6-8-11;3*1-2-4-5-3-1;2*1-3-2;;;;/h2*11H,4-10H2,1-3H3;1-5H2;2*1-4H2;2*1-2H3;2*1H3;;/q2*-1;;6*-1;2*+4. The molecule has 3 saturated carbocycles. The zero-order chi connectivity index (χ0) is 35.5. The number of rotatable bonds is 10. The third kappa shape index (κ3) is 49.9. The SMILES string of the molecule is C1CCCC1.C1CC[N-]C1.C1CC[N-]C1.CCC[N-][Si](C)(C)CC1CCCC1.CCC[N-][Si](C)(C)CC1CCCC1.C[N-]C.C[N-]C.[CH3-].[CH3-].[Zr+4].[Zr+4]. The third-order valence-corrected chi connectivity index (χ3v) is 14.4. The molecule has 0 spiro atoms. The van der Waals surface area contributed by atoms with E-state index in [2.05, 4.69) is 61.3 Å². The zero-order valence-electron chi connectivity index (χ0n) is 36.9. The van der Waals surface area contributed by atoms with Crippen molar-refractivity contribution in [2.45, 2.75) is 174 Å². The molecule has 0 aromatic heterocycles. The molecule has 3 aliphatic carbocycles. The van der Waals surface area contributed by atoms with Crippen molar-refractivity contribution >= 4 is 16.5 Å². The Kier molecular flexibility index (Phi) is 61.2. The molecule has 2 saturated heterocycles. The van der Waals surface area contributed by atoms with Gasteiger partial charge in [0, 0.05) is 0 Å². The molecule has 5 aliphatic rings. The van der Waals surface area contributed by atoms with Gasteiger partial charge in [0.15, 0.2) is 0 Å². The minimum absolute atomic E-state index is 0. The number of hydrogen-bond donors (Lipinski definition) is 0. The minimum Gasteiger partial charge on any atom is -0.668 e. The van der Waals surface area contributed by atoms with Crippen LogP contribution in [-0.4, -0.2) is 83.9 Å². The molecule has 6 nitrogen and oxygen atoms in total. The molecule has 0 N–H and O–H groups in total. The van der Waals surface area contributed by atoms with Crippen molar-refractivity contribution < 1.29 is 52.4 Å². The maximum absolute atomic E-state index is 4.88. The minimum atomic E-state index is -1.16. The van der Waals surface area contributed by atoms with Crippen LogP contribution >= 0.6 is 0 Å². The van der Waals surface area contributed by atoms with Crippen molar-refractivity contribution in [3.05, 3.63) is 46.1 Å². The Hall–Kier alpha value is 1.96. The van der Waals surface area contributed by atoms with Crippen molar-refractivity contribution in [3.63, 3.8) is 0 Å². The molecule has 0 radical (unpaired) electrons. The van der Waals surface area contributed by atoms with Crippen LogP contribution in [0.5, 0.6) is 0 Å². The van der Waals surface area contributed by atoms with Gasteiger partial charge in [-0.15, -0.1) is 26.2 Å². The topological polar surface area (TPSA) is 84.6 Å². The average Bonchev–Trinajstić information content (AvgIpc) is 3.88. The summed E-state index contributed by atoms with van der Waals surface area (Å²) in [5.41, 5.74) is 0. The van der Waals surface area contributed by atoms with Crippen LogP contribution in [0.3, 0.4) is 0 Å². The molecular weight excluding hydrogens is 815 g/mol. The summed E-state index contributed by atoms with van der Waals surface area (Å²) in [6.45, 7) is 20.9. The second-order valence-corrected chi connectivity index (χ2v) is 24.2. The van der Waals surface area contributed by atoms with E-state index >= 15 is 0 Å². The fourth-order valence-corrected chi connectivity index (χ4v) is 12.4. The molecule has 2 heterocycles. The Morgan fingerprint density at radius 2 is 0.686 bits per heavy atom. The maximum atomic E-state index is 4.88. The third-order valence-electron chi connectivity index (χ3n) is 9.07. The number of hydrogen-bond acceptors (Lipinski definition) is 0. The van der Waals surface area contributed by atoms with E-state index in [9.17, 15) is 0 Å². The molecule has 0 aromatic carbocycles. The first-order valence-electron chi connectivity index (χ1n) is 20.2. The Labute approximate surface area is 365 Å². The molecule has 302 valence electrons. The summed E-state index contributed by atoms with van der Waals surface area (Å²) < 4.78 is 0. The fraction of sp³-hybridized carbons (Fsp3) is 0.951. The van der Waals surface area contributed by atoms with Crippen LogP contribution in [0, 0.1) is 26.7 Å². The predicted octanol–water partition coefficient (Wildman–Crippen LogP) is 14.7. The van der Waals surface area contributed by atoms with Gasteiger partial charge in [-0.3, -0.25) is 0 Å². The molecule has 10 heteroatoms. The molecule has 0 aromatic rings. The molecule has 0 amide bonds. The Morgan fingerprint density at radius 3 is 0.863 bits per heavy atom. The normalized spacial score (nSPS) is 17.8. The van der Waals surface area contributed by atoms with Crippen LogP contribution in [0.25, 0.3) is 31.2 Å². The van der Waals surface area contributed by atoms with Gasteiger partial charge in [-0.2, -0.15) is 41.3 Å². The molecule has 0 bridgehead atoms. The summed E-state index contributed by atoms with van der Waals surface area (Å²) in [4.78, 5) is 9.75. The van der Waals surface area contributed by atoms with Gasteiger partial charge >= 0.3 is 52.4 Å². The first kappa shape index (κ1) is 64.8. The summed E-state index contributed by atoms with van der Waals surface area (Å²) in [6, 6.07) is 2.90. The average molecular weight is 908 g/mol. The van der Waals surface area contributed by atoms with Gasteiger partial charge in [-0.25, -0.2) is 0 Å². The van der Waals surface area contributed by atoms with Gasteiger partial charge in [0.25, 0.3) is 0 Å². The zero-order valence-corrected chi connectivity index (χ0v) is 43.8. The van der Waals surface area contributed by atoms with Crippen LogP contribution in [0.4, 0.5) is 0 Å². The van der Waals surface area contributed by atoms with Gasteiger partial charge in [-0.1, -0.05) is 191 Å². The van der Waals surface area contributed by atoms with E-state index < -0.39 is 16.5 Å². The quantitative estimate of drug-likeness (QED) is 0.154. The van der Waals surface area contributed by atoms with Crippen LogP contribution in [0.1, 0.15) is 136 Å². The first-order valence-corrected chi connectivity index (χ1v) is 26.5. The predicted molar refractivity (Wildman–Crippen MR) is 237 cm³/mol. The molecular formula is C41H92N6Si2Zr2. The van der Waals surface area contributed by atoms with Crippen molar-refractivity contribution in [1.82, 2.24) is 0 Å². The van der Waals surface area contributed by atoms with Crippen molar-refractivity contribution in [2.75, 3.05) is 67.5 Å². The van der Waals surface area contributed by atoms with E-state index in [4.69, 9.17) is 9.96 Å². The summed E-state index contributed by atoms with van der Waals surface area (Å²) in [6.07, 6.45) is 27.1. The van der Waals surface area contributed by atoms with Crippen LogP contribution in [0.15, 0.2) is 0 Å². The second kappa shape index (κ2) is 48.1. The van der Waals surface area contributed by atoms with E-state index in [1.54, 1.807) is 28.2 Å². The van der Waals surface area contributed by atoms with Gasteiger partial charge in [0.1, 0.15) is 0 Å². The fourth-order valence-electron chi connectivity index (χ4n) is 6.80. The van der Waals surface area contributed by atoms with Gasteiger partial charge in [0.2, 0.25) is 0 Å². The first-order chi connectivity index (χ1) is 22.6. The molecule has 0 unspecified atom stereocenters. The summed E-state index contributed by atoms with van der Waals surface area (Å²) in [5.74, 6) is 2.06. The maximum Gasteiger partial charge on any atom is 4.00 e. The van der Waals surface area contributed by atoms with Gasteiger partial charge < -0.3 is 46.1 Å². The summed E-state index contributed by atoms with van der Waals surface area (Å²) in [7, 11) is 4.67. The Bertz CT molecular complexity index is 514. The monoisotopic (exact) mass is 905 g/mol. The van der Waals surface area contributed by atoms with Crippen molar-refractivity contribution in [1.29, 1.82) is 0 Å². The molecule has 5 rings (SSSR count). The smallest absolute Gasteiger partial charge is 0.668 e. The molecule has 5 fully saturated rings. The van der Waals surface area contributed by atoms with E-state index in [0.29, 0.717) is 0 Å². The van der Waals surface area contributed by atoms with E-state index in [1.807, 2.05) is 0 Å². The Balaban J connectivity index is -0.000000123. The second-order valence-electron chi connectivity index (χ2n) is 15.5. The Morgan fingerprint density at radius 1 is 0.451 bits per heavy atom. The van der Waals surface area contributed by atoms with Gasteiger partial charge in [0.05, 0.1) is 0 Å². The van der Waals surface area contributed by atoms with Crippen molar-refractivity contribution in [3.8, 4) is 0 Å². The van der Waals surface area contributed by atoms with Crippen LogP contribution in [-0.2, 0) is 52.4 Å². The van der Waals surface area contributed by atoms with E-state index in [1.165, 1.54) is 134 Å². The molecule has 2 aliphatic heterocycles. The van der Waals surface area contributed by atoms with E-state index in [0.717, 1.165) is 51.1 Å². The van der Waals surface area contributed by atoms with Crippen molar-refractivity contribution in [2.24, 2.45) is 11.8 Å². The summed E-state index contributed by atoms with van der Waals surface area (Å²) in [5, 5.41) is 15.2. The molecule has 0 atom stereocenters. The van der Waals surface area contributed by atoms with Crippen LogP contribution < -0.4 is 0 Å². The molecule has 51 heavy (non-hydrogen) atoms.